The van der Waals surface area contributed by atoms with Gasteiger partial charge in [0.05, 0.1) is 38.6 Å². The van der Waals surface area contributed by atoms with Gasteiger partial charge in [0, 0.05) is 6.42 Å². The largest absolute Gasteiger partial charge is 0.394 e. The summed E-state index contributed by atoms with van der Waals surface area (Å²) in [7, 11) is 0. The van der Waals surface area contributed by atoms with Gasteiger partial charge in [-0.05, 0) is 51.4 Å². The summed E-state index contributed by atoms with van der Waals surface area (Å²) in [6.07, 6.45) is 59.3. The van der Waals surface area contributed by atoms with E-state index in [0.717, 1.165) is 70.6 Å². The molecule has 0 saturated carbocycles. The fraction of sp³-hybridized carbons (Fsp3) is 0.897. The van der Waals surface area contributed by atoms with Gasteiger partial charge < -0.3 is 89.9 Å². The molecule has 3 heterocycles. The predicted octanol–water partition coefficient (Wildman–Crippen LogP) is 16.0. The molecule has 3 aliphatic rings. The first-order chi connectivity index (χ1) is 51.8. The maximum atomic E-state index is 13.5. The minimum absolute atomic E-state index is 0.236. The van der Waals surface area contributed by atoms with Crippen LogP contribution >= 0.6 is 0 Å². The number of ether oxygens (including phenoxy) is 6. The molecule has 17 atom stereocenters. The Morgan fingerprint density at radius 2 is 0.651 bits per heavy atom. The van der Waals surface area contributed by atoms with Gasteiger partial charge in [-0.15, -0.1) is 0 Å². The van der Waals surface area contributed by atoms with E-state index in [2.05, 4.69) is 67.8 Å². The van der Waals surface area contributed by atoms with Gasteiger partial charge >= 0.3 is 0 Å². The molecule has 3 fully saturated rings. The molecule has 0 aromatic carbocycles. The summed E-state index contributed by atoms with van der Waals surface area (Å²) >= 11 is 0. The molecule has 19 heteroatoms. The van der Waals surface area contributed by atoms with E-state index in [-0.39, 0.29) is 18.9 Å². The number of nitrogens with one attached hydrogen (secondary N) is 1. The topological polar surface area (TPSA) is 307 Å². The van der Waals surface area contributed by atoms with Gasteiger partial charge in [0.1, 0.15) is 73.2 Å². The first-order valence-electron chi connectivity index (χ1n) is 43.9. The van der Waals surface area contributed by atoms with Crippen molar-refractivity contribution in [2.24, 2.45) is 0 Å². The fourth-order valence-corrected chi connectivity index (χ4v) is 15.0. The summed E-state index contributed by atoms with van der Waals surface area (Å²) in [4.78, 5) is 13.5. The Labute approximate surface area is 643 Å². The SMILES string of the molecule is CC/C=C\C/C=C\C/C=C\C/C=C\CCCCCCCCCCCCCCCCCCCCCCC(=O)NC(COC1OC(CO)C(OC2OC(CO)C(OC3OC(CO)C(O)C(O)C3O)C(O)C2O)C(O)C1O)C(O)CCCCCCCCCCCCCCCCCCCCCCCCCCCCCC. The van der Waals surface area contributed by atoms with Crippen molar-refractivity contribution in [2.45, 2.75) is 471 Å². The van der Waals surface area contributed by atoms with Crippen LogP contribution in [0.5, 0.6) is 0 Å². The van der Waals surface area contributed by atoms with Crippen molar-refractivity contribution in [3.63, 3.8) is 0 Å². The molecular formula is C87H161NO18. The molecule has 0 aromatic heterocycles. The Kier molecular flexibility index (Phi) is 62.2. The Morgan fingerprint density at radius 1 is 0.349 bits per heavy atom. The van der Waals surface area contributed by atoms with Crippen LogP contribution in [0.2, 0.25) is 0 Å². The summed E-state index contributed by atoms with van der Waals surface area (Å²) in [6, 6.07) is -0.889. The zero-order valence-corrected chi connectivity index (χ0v) is 66.9. The van der Waals surface area contributed by atoms with Gasteiger partial charge in [-0.25, -0.2) is 0 Å². The highest BCUT2D eigenvalue weighted by molar-refractivity contribution is 5.76. The zero-order chi connectivity index (χ0) is 76.7. The molecule has 0 radical (unpaired) electrons. The molecular weight excluding hydrogens is 1350 g/mol. The number of hydrogen-bond acceptors (Lipinski definition) is 18. The molecule has 0 aliphatic carbocycles. The van der Waals surface area contributed by atoms with Crippen molar-refractivity contribution in [1.29, 1.82) is 0 Å². The summed E-state index contributed by atoms with van der Waals surface area (Å²) in [5.41, 5.74) is 0. The van der Waals surface area contributed by atoms with Gasteiger partial charge in [0.2, 0.25) is 5.91 Å². The van der Waals surface area contributed by atoms with E-state index in [1.54, 1.807) is 0 Å². The van der Waals surface area contributed by atoms with Crippen LogP contribution in [0.1, 0.15) is 367 Å². The van der Waals surface area contributed by atoms with Crippen LogP contribution in [0.25, 0.3) is 0 Å². The zero-order valence-electron chi connectivity index (χ0n) is 66.9. The molecule has 12 N–H and O–H groups in total. The average molecular weight is 1510 g/mol. The van der Waals surface area contributed by atoms with Crippen LogP contribution < -0.4 is 5.32 Å². The summed E-state index contributed by atoms with van der Waals surface area (Å²) < 4.78 is 34.6. The first kappa shape index (κ1) is 97.9. The van der Waals surface area contributed by atoms with Gasteiger partial charge in [-0.1, -0.05) is 358 Å². The fourth-order valence-electron chi connectivity index (χ4n) is 15.0. The number of aliphatic hydroxyl groups is 11. The van der Waals surface area contributed by atoms with Crippen molar-refractivity contribution < 1.29 is 89.4 Å². The third kappa shape index (κ3) is 46.1. The molecule has 0 spiro atoms. The predicted molar refractivity (Wildman–Crippen MR) is 425 cm³/mol. The number of carbonyl (C=O) groups excluding carboxylic acids is 1. The molecule has 622 valence electrons. The van der Waals surface area contributed by atoms with Crippen LogP contribution in [-0.2, 0) is 33.2 Å². The lowest BCUT2D eigenvalue weighted by atomic mass is 9.96. The quantitative estimate of drug-likeness (QED) is 0.0199. The Balaban J connectivity index is 1.33. The van der Waals surface area contributed by atoms with Crippen LogP contribution in [0.4, 0.5) is 0 Å². The van der Waals surface area contributed by atoms with Crippen LogP contribution in [0, 0.1) is 0 Å². The van der Waals surface area contributed by atoms with E-state index in [9.17, 15) is 61.0 Å². The van der Waals surface area contributed by atoms with Gasteiger partial charge in [-0.2, -0.15) is 0 Å². The van der Waals surface area contributed by atoms with Crippen LogP contribution in [0.15, 0.2) is 48.6 Å². The van der Waals surface area contributed by atoms with E-state index in [4.69, 9.17) is 28.4 Å². The molecule has 17 unspecified atom stereocenters. The highest BCUT2D eigenvalue weighted by Crippen LogP contribution is 2.34. The number of carbonyl (C=O) groups is 1. The molecule has 1 amide bonds. The lowest BCUT2D eigenvalue weighted by Crippen LogP contribution is -2.66. The smallest absolute Gasteiger partial charge is 0.220 e. The van der Waals surface area contributed by atoms with E-state index in [0.29, 0.717) is 12.8 Å². The second-order valence-corrected chi connectivity index (χ2v) is 31.3. The number of amides is 1. The van der Waals surface area contributed by atoms with Gasteiger partial charge in [-0.3, -0.25) is 4.79 Å². The van der Waals surface area contributed by atoms with Crippen molar-refractivity contribution in [3.05, 3.63) is 48.6 Å². The van der Waals surface area contributed by atoms with E-state index >= 15 is 0 Å². The normalized spacial score (nSPS) is 25.8. The molecule has 3 rings (SSSR count). The number of rotatable bonds is 71. The van der Waals surface area contributed by atoms with E-state index in [1.165, 1.54) is 263 Å². The third-order valence-electron chi connectivity index (χ3n) is 21.9. The molecule has 3 aliphatic heterocycles. The van der Waals surface area contributed by atoms with Crippen molar-refractivity contribution in [3.8, 4) is 0 Å². The number of aliphatic hydroxyl groups excluding tert-OH is 11. The van der Waals surface area contributed by atoms with Gasteiger partial charge in [0.15, 0.2) is 18.9 Å². The minimum atomic E-state index is -1.97. The molecule has 0 bridgehead atoms. The first-order valence-corrected chi connectivity index (χ1v) is 43.9. The van der Waals surface area contributed by atoms with Gasteiger partial charge in [0.25, 0.3) is 0 Å². The summed E-state index contributed by atoms with van der Waals surface area (Å²) in [6.45, 7) is 1.75. The molecule has 106 heavy (non-hydrogen) atoms. The van der Waals surface area contributed by atoms with E-state index < -0.39 is 124 Å². The lowest BCUT2D eigenvalue weighted by molar-refractivity contribution is -0.379. The standard InChI is InChI=1S/C87H161NO18/c1-3-5-7-9-11-13-15-17-19-21-23-25-27-29-31-33-34-35-36-37-39-41-43-45-47-49-51-53-55-57-59-61-63-65-75(93)88-70(71(92)64-62-60-58-56-54-52-50-48-46-44-42-40-38-32-30-28-26-24-22-20-18-16-14-12-10-8-6-4-2)69-101-85-81(99)78(96)83(73(67-90)103-85)106-87-82(100)79(97)84(74(68-91)104-87)105-86-80(98)77(95)76(94)72(66-89)102-86/h5,7,11,13,17,19,23,25,70-74,76-87,89-92,94-100H,3-4,6,8-10,12,14-16,18,20-22,24,26-69H2,1-2H3,(H,88,93)/b7-5-,13-11-,19-17-,25-23-. The molecule has 0 aromatic rings. The van der Waals surface area contributed by atoms with Crippen LogP contribution in [-0.4, -0.2) is 193 Å². The highest BCUT2D eigenvalue weighted by atomic mass is 16.8. The summed E-state index contributed by atoms with van der Waals surface area (Å²) in [5, 5.41) is 121. The van der Waals surface area contributed by atoms with E-state index in [1.807, 2.05) is 0 Å². The molecule has 3 saturated heterocycles. The van der Waals surface area contributed by atoms with Crippen molar-refractivity contribution >= 4 is 5.91 Å². The lowest BCUT2D eigenvalue weighted by Gasteiger charge is -2.48. The Hall–Kier alpha value is -2.25. The second kappa shape index (κ2) is 67.3. The molecule has 19 nitrogen and oxygen atoms in total. The second-order valence-electron chi connectivity index (χ2n) is 31.3. The number of unbranched alkanes of at least 4 members (excludes halogenated alkanes) is 47. The van der Waals surface area contributed by atoms with Crippen molar-refractivity contribution in [2.75, 3.05) is 26.4 Å². The maximum absolute atomic E-state index is 13.5. The minimum Gasteiger partial charge on any atom is -0.394 e. The Morgan fingerprint density at radius 3 is 1.02 bits per heavy atom. The monoisotopic (exact) mass is 1510 g/mol. The number of hydrogen-bond donors (Lipinski definition) is 12. The van der Waals surface area contributed by atoms with Crippen molar-refractivity contribution in [1.82, 2.24) is 5.32 Å². The maximum Gasteiger partial charge on any atom is 0.220 e. The highest BCUT2D eigenvalue weighted by Gasteiger charge is 2.54. The number of allylic oxidation sites excluding steroid dienone is 8. The summed E-state index contributed by atoms with van der Waals surface area (Å²) in [5.74, 6) is -0.236. The van der Waals surface area contributed by atoms with Crippen LogP contribution in [0.3, 0.4) is 0 Å². The third-order valence-corrected chi connectivity index (χ3v) is 21.9. The Bertz CT molecular complexity index is 2100. The average Bonchev–Trinajstić information content (AvgIpc) is 0.781.